The van der Waals surface area contributed by atoms with Gasteiger partial charge in [0.15, 0.2) is 0 Å². The van der Waals surface area contributed by atoms with Gasteiger partial charge in [-0.15, -0.1) is 0 Å². The summed E-state index contributed by atoms with van der Waals surface area (Å²) in [7, 11) is 0. The third-order valence-electron chi connectivity index (χ3n) is 8.46. The molecule has 0 atom stereocenters. The number of fused-ring (bicyclic) bond motifs is 3. The highest BCUT2D eigenvalue weighted by Gasteiger charge is 2.15. The molecule has 2 heteroatoms. The van der Waals surface area contributed by atoms with Gasteiger partial charge in [0, 0.05) is 28.2 Å². The second kappa shape index (κ2) is 11.6. The molecule has 1 heterocycles. The molecule has 0 saturated heterocycles. The quantitative estimate of drug-likeness (QED) is 0.184. The first-order valence-corrected chi connectivity index (χ1v) is 15.3. The van der Waals surface area contributed by atoms with Gasteiger partial charge in [-0.05, 0) is 81.2 Å². The molecule has 7 aromatic carbocycles. The van der Waals surface area contributed by atoms with E-state index in [-0.39, 0.29) is 0 Å². The van der Waals surface area contributed by atoms with Crippen molar-refractivity contribution >= 4 is 38.6 Å². The average molecular weight is 575 g/mol. The lowest BCUT2D eigenvalue weighted by Gasteiger charge is -2.26. The van der Waals surface area contributed by atoms with Crippen molar-refractivity contribution in [2.24, 2.45) is 0 Å². The Morgan fingerprint density at radius 2 is 0.800 bits per heavy atom. The highest BCUT2D eigenvalue weighted by Crippen LogP contribution is 2.39. The molecule has 8 rings (SSSR count). The monoisotopic (exact) mass is 574 g/mol. The lowest BCUT2D eigenvalue weighted by atomic mass is 10.0. The minimum Gasteiger partial charge on any atom is -0.310 e. The normalized spacial score (nSPS) is 11.1. The van der Waals surface area contributed by atoms with Crippen LogP contribution in [0.5, 0.6) is 0 Å². The Morgan fingerprint density at radius 3 is 1.49 bits per heavy atom. The maximum atomic E-state index is 4.99. The largest absolute Gasteiger partial charge is 0.310 e. The number of hydrogen-bond acceptors (Lipinski definition) is 2. The van der Waals surface area contributed by atoms with Crippen molar-refractivity contribution in [3.63, 3.8) is 0 Å². The lowest BCUT2D eigenvalue weighted by molar-refractivity contribution is 1.28. The highest BCUT2D eigenvalue weighted by molar-refractivity contribution is 6.08. The summed E-state index contributed by atoms with van der Waals surface area (Å²) in [6.07, 6.45) is 0. The van der Waals surface area contributed by atoms with Gasteiger partial charge in [0.2, 0.25) is 0 Å². The maximum Gasteiger partial charge on any atom is 0.0709 e. The number of anilines is 3. The van der Waals surface area contributed by atoms with Crippen molar-refractivity contribution in [1.29, 1.82) is 0 Å². The van der Waals surface area contributed by atoms with Crippen molar-refractivity contribution in [3.05, 3.63) is 182 Å². The third kappa shape index (κ3) is 5.24. The first-order chi connectivity index (χ1) is 22.3. The van der Waals surface area contributed by atoms with Crippen molar-refractivity contribution < 1.29 is 0 Å². The number of aromatic nitrogens is 1. The molecule has 0 unspecified atom stereocenters. The third-order valence-corrected chi connectivity index (χ3v) is 8.46. The first-order valence-electron chi connectivity index (χ1n) is 15.3. The van der Waals surface area contributed by atoms with Crippen LogP contribution in [0.2, 0.25) is 0 Å². The van der Waals surface area contributed by atoms with Crippen LogP contribution < -0.4 is 4.90 Å². The summed E-state index contributed by atoms with van der Waals surface area (Å²) >= 11 is 0. The fourth-order valence-corrected chi connectivity index (χ4v) is 6.17. The van der Waals surface area contributed by atoms with E-state index < -0.39 is 0 Å². The molecule has 45 heavy (non-hydrogen) atoms. The van der Waals surface area contributed by atoms with E-state index in [1.54, 1.807) is 0 Å². The van der Waals surface area contributed by atoms with Crippen LogP contribution in [0, 0.1) is 0 Å². The molecule has 8 aromatic rings. The predicted octanol–water partition coefficient (Wildman–Crippen LogP) is 11.9. The number of pyridine rings is 1. The maximum absolute atomic E-state index is 4.99. The standard InChI is InChI=1S/C43H30N2/c1-3-10-31(11-4-1)32-20-24-37(25-21-32)45(39-28-29-41-36(30-39)19-18-33-12-7-8-15-40(33)41)38-26-22-35(23-27-38)43-17-9-16-42(44-43)34-13-5-2-6-14-34/h1-30H. The molecule has 0 aliphatic heterocycles. The van der Waals surface area contributed by atoms with Crippen LogP contribution in [-0.4, -0.2) is 4.98 Å². The van der Waals surface area contributed by atoms with Gasteiger partial charge in [0.1, 0.15) is 0 Å². The molecule has 1 aromatic heterocycles. The second-order valence-corrected chi connectivity index (χ2v) is 11.3. The van der Waals surface area contributed by atoms with Crippen molar-refractivity contribution in [3.8, 4) is 33.6 Å². The smallest absolute Gasteiger partial charge is 0.0709 e. The van der Waals surface area contributed by atoms with E-state index in [4.69, 9.17) is 4.98 Å². The summed E-state index contributed by atoms with van der Waals surface area (Å²) in [4.78, 5) is 7.32. The summed E-state index contributed by atoms with van der Waals surface area (Å²) in [6.45, 7) is 0. The molecule has 0 spiro atoms. The zero-order valence-electron chi connectivity index (χ0n) is 24.7. The van der Waals surface area contributed by atoms with E-state index in [9.17, 15) is 0 Å². The molecule has 0 amide bonds. The van der Waals surface area contributed by atoms with Crippen molar-refractivity contribution in [1.82, 2.24) is 4.98 Å². The van der Waals surface area contributed by atoms with Crippen LogP contribution in [-0.2, 0) is 0 Å². The van der Waals surface area contributed by atoms with E-state index in [1.165, 1.54) is 32.7 Å². The van der Waals surface area contributed by atoms with Gasteiger partial charge in [-0.25, -0.2) is 4.98 Å². The van der Waals surface area contributed by atoms with Gasteiger partial charge in [0.05, 0.1) is 11.4 Å². The SMILES string of the molecule is c1ccc(-c2ccc(N(c3ccc(-c4cccc(-c5ccccc5)n4)cc3)c3ccc4c(ccc5ccccc54)c3)cc2)cc1. The van der Waals surface area contributed by atoms with Gasteiger partial charge >= 0.3 is 0 Å². The molecule has 0 bridgehead atoms. The van der Waals surface area contributed by atoms with Crippen LogP contribution in [0.15, 0.2) is 182 Å². The highest BCUT2D eigenvalue weighted by atomic mass is 15.1. The Bertz CT molecular complexity index is 2240. The van der Waals surface area contributed by atoms with Gasteiger partial charge < -0.3 is 4.90 Å². The van der Waals surface area contributed by atoms with E-state index in [2.05, 4.69) is 181 Å². The van der Waals surface area contributed by atoms with Crippen LogP contribution in [0.1, 0.15) is 0 Å². The van der Waals surface area contributed by atoms with Gasteiger partial charge in [0.25, 0.3) is 0 Å². The first kappa shape index (κ1) is 26.6. The van der Waals surface area contributed by atoms with Gasteiger partial charge in [-0.1, -0.05) is 133 Å². The summed E-state index contributed by atoms with van der Waals surface area (Å²) in [5, 5.41) is 5.01. The fourth-order valence-electron chi connectivity index (χ4n) is 6.17. The van der Waals surface area contributed by atoms with Gasteiger partial charge in [-0.2, -0.15) is 0 Å². The van der Waals surface area contributed by atoms with E-state index in [0.29, 0.717) is 0 Å². The molecular formula is C43H30N2. The van der Waals surface area contributed by atoms with Crippen LogP contribution in [0.3, 0.4) is 0 Å². The van der Waals surface area contributed by atoms with Crippen molar-refractivity contribution in [2.75, 3.05) is 4.90 Å². The Labute approximate surface area is 263 Å². The molecule has 0 saturated carbocycles. The van der Waals surface area contributed by atoms with E-state index in [1.807, 2.05) is 6.07 Å². The minimum atomic E-state index is 0.958. The summed E-state index contributed by atoms with van der Waals surface area (Å²) in [6, 6.07) is 64.5. The van der Waals surface area contributed by atoms with Crippen molar-refractivity contribution in [2.45, 2.75) is 0 Å². The summed E-state index contributed by atoms with van der Waals surface area (Å²) < 4.78 is 0. The second-order valence-electron chi connectivity index (χ2n) is 11.3. The zero-order chi connectivity index (χ0) is 30.0. The Balaban J connectivity index is 1.20. The molecule has 0 fully saturated rings. The Kier molecular flexibility index (Phi) is 6.86. The van der Waals surface area contributed by atoms with Crippen LogP contribution >= 0.6 is 0 Å². The topological polar surface area (TPSA) is 16.1 Å². The van der Waals surface area contributed by atoms with E-state index in [0.717, 1.165) is 39.6 Å². The number of hydrogen-bond donors (Lipinski definition) is 0. The molecule has 0 aliphatic carbocycles. The molecule has 0 radical (unpaired) electrons. The predicted molar refractivity (Wildman–Crippen MR) is 190 cm³/mol. The molecule has 212 valence electrons. The molecule has 0 N–H and O–H groups in total. The number of benzene rings is 7. The summed E-state index contributed by atoms with van der Waals surface area (Å²) in [5.74, 6) is 0. The fraction of sp³-hybridized carbons (Fsp3) is 0. The Hall–Kier alpha value is -5.99. The minimum absolute atomic E-state index is 0.958. The zero-order valence-corrected chi connectivity index (χ0v) is 24.7. The molecule has 0 aliphatic rings. The average Bonchev–Trinajstić information content (AvgIpc) is 3.13. The van der Waals surface area contributed by atoms with Crippen LogP contribution in [0.4, 0.5) is 17.1 Å². The molecular weight excluding hydrogens is 544 g/mol. The summed E-state index contributed by atoms with van der Waals surface area (Å²) in [5.41, 5.74) is 9.85. The number of rotatable bonds is 6. The van der Waals surface area contributed by atoms with Gasteiger partial charge in [-0.3, -0.25) is 0 Å². The van der Waals surface area contributed by atoms with Crippen LogP contribution in [0.25, 0.3) is 55.2 Å². The lowest BCUT2D eigenvalue weighted by Crippen LogP contribution is -2.10. The number of nitrogens with zero attached hydrogens (tertiary/aromatic N) is 2. The molecule has 2 nitrogen and oxygen atoms in total. The Morgan fingerprint density at radius 1 is 0.311 bits per heavy atom. The van der Waals surface area contributed by atoms with E-state index >= 15 is 0 Å².